The molecule has 2 N–H and O–H groups in total. The SMILES string of the molecule is Cc1ccc(C(=O)[O-])cc1NC(=S)NC(=O)c1cccc(OC(C)C)c1. The highest BCUT2D eigenvalue weighted by Gasteiger charge is 2.11. The number of hydrogen-bond acceptors (Lipinski definition) is 5. The molecule has 0 saturated heterocycles. The van der Waals surface area contributed by atoms with Gasteiger partial charge in [-0.2, -0.15) is 0 Å². The Balaban J connectivity index is 2.07. The van der Waals surface area contributed by atoms with E-state index in [0.29, 0.717) is 17.0 Å². The molecule has 2 rings (SSSR count). The van der Waals surface area contributed by atoms with Crippen LogP contribution in [-0.4, -0.2) is 23.1 Å². The summed E-state index contributed by atoms with van der Waals surface area (Å²) in [6, 6.07) is 11.2. The van der Waals surface area contributed by atoms with Gasteiger partial charge in [0.15, 0.2) is 5.11 Å². The maximum Gasteiger partial charge on any atom is 0.257 e. The topological polar surface area (TPSA) is 90.5 Å². The number of thiocarbonyl (C=S) groups is 1. The molecule has 136 valence electrons. The number of rotatable bonds is 5. The largest absolute Gasteiger partial charge is 0.545 e. The molecule has 0 heterocycles. The van der Waals surface area contributed by atoms with Gasteiger partial charge in [0.05, 0.1) is 12.1 Å². The first kappa shape index (κ1) is 19.4. The van der Waals surface area contributed by atoms with Gasteiger partial charge in [-0.15, -0.1) is 0 Å². The van der Waals surface area contributed by atoms with E-state index in [1.54, 1.807) is 37.3 Å². The second-order valence-electron chi connectivity index (χ2n) is 5.92. The Bertz CT molecular complexity index is 849. The summed E-state index contributed by atoms with van der Waals surface area (Å²) in [5.41, 5.74) is 1.67. The van der Waals surface area contributed by atoms with Crippen molar-refractivity contribution < 1.29 is 19.4 Å². The third-order valence-corrected chi connectivity index (χ3v) is 3.62. The summed E-state index contributed by atoms with van der Waals surface area (Å²) in [6.45, 7) is 5.59. The van der Waals surface area contributed by atoms with Gasteiger partial charge in [0.25, 0.3) is 5.91 Å². The molecule has 0 aliphatic rings. The molecule has 2 aromatic rings. The van der Waals surface area contributed by atoms with E-state index < -0.39 is 11.9 Å². The Morgan fingerprint density at radius 3 is 2.50 bits per heavy atom. The van der Waals surface area contributed by atoms with Crippen molar-refractivity contribution in [2.45, 2.75) is 26.9 Å². The smallest absolute Gasteiger partial charge is 0.257 e. The number of anilines is 1. The summed E-state index contributed by atoms with van der Waals surface area (Å²) in [7, 11) is 0. The van der Waals surface area contributed by atoms with Gasteiger partial charge in [-0.1, -0.05) is 18.2 Å². The lowest BCUT2D eigenvalue weighted by Crippen LogP contribution is -2.34. The molecule has 6 nitrogen and oxygen atoms in total. The van der Waals surface area contributed by atoms with Gasteiger partial charge in [0, 0.05) is 11.3 Å². The van der Waals surface area contributed by atoms with Crippen LogP contribution >= 0.6 is 12.2 Å². The zero-order valence-corrected chi connectivity index (χ0v) is 15.5. The lowest BCUT2D eigenvalue weighted by Gasteiger charge is -2.14. The maximum absolute atomic E-state index is 12.3. The zero-order valence-electron chi connectivity index (χ0n) is 14.7. The van der Waals surface area contributed by atoms with Gasteiger partial charge in [0.2, 0.25) is 0 Å². The number of aryl methyl sites for hydroxylation is 1. The average molecular weight is 371 g/mol. The quantitative estimate of drug-likeness (QED) is 0.784. The van der Waals surface area contributed by atoms with Crippen LogP contribution in [0, 0.1) is 6.92 Å². The molecule has 0 fully saturated rings. The Morgan fingerprint density at radius 1 is 1.12 bits per heavy atom. The third-order valence-electron chi connectivity index (χ3n) is 3.42. The van der Waals surface area contributed by atoms with Gasteiger partial charge in [-0.25, -0.2) is 0 Å². The van der Waals surface area contributed by atoms with Gasteiger partial charge in [-0.3, -0.25) is 10.1 Å². The summed E-state index contributed by atoms with van der Waals surface area (Å²) in [5.74, 6) is -1.10. The first-order chi connectivity index (χ1) is 12.3. The molecule has 7 heteroatoms. The molecular weight excluding hydrogens is 352 g/mol. The van der Waals surface area contributed by atoms with Gasteiger partial charge < -0.3 is 20.0 Å². The number of nitrogens with one attached hydrogen (secondary N) is 2. The van der Waals surface area contributed by atoms with Crippen molar-refractivity contribution in [1.82, 2.24) is 5.32 Å². The lowest BCUT2D eigenvalue weighted by molar-refractivity contribution is -0.255. The molecule has 0 unspecified atom stereocenters. The molecule has 0 aliphatic carbocycles. The first-order valence-electron chi connectivity index (χ1n) is 7.97. The van der Waals surface area contributed by atoms with E-state index in [1.807, 2.05) is 13.8 Å². The fraction of sp³-hybridized carbons (Fsp3) is 0.211. The Labute approximate surface area is 157 Å². The number of benzene rings is 2. The van der Waals surface area contributed by atoms with Crippen molar-refractivity contribution in [1.29, 1.82) is 0 Å². The summed E-state index contributed by atoms with van der Waals surface area (Å²) < 4.78 is 5.57. The molecule has 0 aliphatic heterocycles. The van der Waals surface area contributed by atoms with Crippen LogP contribution in [0.25, 0.3) is 0 Å². The second-order valence-corrected chi connectivity index (χ2v) is 6.33. The highest BCUT2D eigenvalue weighted by atomic mass is 32.1. The highest BCUT2D eigenvalue weighted by molar-refractivity contribution is 7.80. The van der Waals surface area contributed by atoms with E-state index in [1.165, 1.54) is 12.1 Å². The van der Waals surface area contributed by atoms with Crippen molar-refractivity contribution in [3.8, 4) is 5.75 Å². The minimum absolute atomic E-state index is 0.00460. The predicted molar refractivity (Wildman–Crippen MR) is 101 cm³/mol. The van der Waals surface area contributed by atoms with Crippen LogP contribution in [0.15, 0.2) is 42.5 Å². The van der Waals surface area contributed by atoms with E-state index >= 15 is 0 Å². The fourth-order valence-electron chi connectivity index (χ4n) is 2.20. The number of hydrogen-bond donors (Lipinski definition) is 2. The van der Waals surface area contributed by atoms with Crippen molar-refractivity contribution in [2.24, 2.45) is 0 Å². The molecule has 0 spiro atoms. The zero-order chi connectivity index (χ0) is 19.3. The Kier molecular flexibility index (Phi) is 6.30. The van der Waals surface area contributed by atoms with Crippen LogP contribution in [-0.2, 0) is 0 Å². The van der Waals surface area contributed by atoms with Crippen LogP contribution in [0.5, 0.6) is 5.75 Å². The molecule has 0 saturated carbocycles. The van der Waals surface area contributed by atoms with Crippen LogP contribution in [0.4, 0.5) is 5.69 Å². The van der Waals surface area contributed by atoms with Crippen LogP contribution < -0.4 is 20.5 Å². The van der Waals surface area contributed by atoms with E-state index in [4.69, 9.17) is 17.0 Å². The number of carboxylic acid groups (broad SMARTS) is 1. The fourth-order valence-corrected chi connectivity index (χ4v) is 2.40. The monoisotopic (exact) mass is 371 g/mol. The van der Waals surface area contributed by atoms with Crippen molar-refractivity contribution >= 4 is 34.9 Å². The van der Waals surface area contributed by atoms with E-state index in [-0.39, 0.29) is 16.8 Å². The predicted octanol–water partition coefficient (Wildman–Crippen LogP) is 2.27. The first-order valence-corrected chi connectivity index (χ1v) is 8.38. The molecule has 0 radical (unpaired) electrons. The molecule has 2 aromatic carbocycles. The number of ether oxygens (including phenoxy) is 1. The standard InChI is InChI=1S/C19H20N2O4S/c1-11(2)25-15-6-4-5-13(9-15)17(22)21-19(26)20-16-10-14(18(23)24)8-7-12(16)3/h4-11H,1-3H3,(H,23,24)(H2,20,21,22,26)/p-1. The summed E-state index contributed by atoms with van der Waals surface area (Å²) >= 11 is 5.15. The molecule has 1 amide bonds. The Morgan fingerprint density at radius 2 is 1.85 bits per heavy atom. The minimum atomic E-state index is -1.29. The van der Waals surface area contributed by atoms with Crippen molar-refractivity contribution in [3.63, 3.8) is 0 Å². The van der Waals surface area contributed by atoms with E-state index in [2.05, 4.69) is 10.6 Å². The van der Waals surface area contributed by atoms with Gasteiger partial charge in [0.1, 0.15) is 5.75 Å². The van der Waals surface area contributed by atoms with Crippen LogP contribution in [0.3, 0.4) is 0 Å². The third kappa shape index (κ3) is 5.29. The molecule has 0 atom stereocenters. The highest BCUT2D eigenvalue weighted by Crippen LogP contribution is 2.17. The number of amides is 1. The van der Waals surface area contributed by atoms with Crippen LogP contribution in [0.1, 0.15) is 40.1 Å². The second kappa shape index (κ2) is 8.44. The number of carbonyl (C=O) groups is 2. The molecule has 26 heavy (non-hydrogen) atoms. The lowest BCUT2D eigenvalue weighted by atomic mass is 10.1. The number of carbonyl (C=O) groups excluding carboxylic acids is 2. The maximum atomic E-state index is 12.3. The molecule has 0 bridgehead atoms. The molecular formula is C19H19N2O4S-. The van der Waals surface area contributed by atoms with E-state index in [9.17, 15) is 14.7 Å². The van der Waals surface area contributed by atoms with E-state index in [0.717, 1.165) is 5.56 Å². The van der Waals surface area contributed by atoms with Gasteiger partial charge in [-0.05, 0) is 68.4 Å². The van der Waals surface area contributed by atoms with Crippen LogP contribution in [0.2, 0.25) is 0 Å². The number of carboxylic acids is 1. The minimum Gasteiger partial charge on any atom is -0.545 e. The Hall–Kier alpha value is -2.93. The van der Waals surface area contributed by atoms with Crippen molar-refractivity contribution in [3.05, 3.63) is 59.2 Å². The summed E-state index contributed by atoms with van der Waals surface area (Å²) in [5, 5.41) is 16.4. The summed E-state index contributed by atoms with van der Waals surface area (Å²) in [6.07, 6.45) is -0.00460. The van der Waals surface area contributed by atoms with Crippen molar-refractivity contribution in [2.75, 3.05) is 5.32 Å². The molecule has 0 aromatic heterocycles. The average Bonchev–Trinajstić information content (AvgIpc) is 2.56. The normalized spacial score (nSPS) is 10.3. The van der Waals surface area contributed by atoms with Gasteiger partial charge >= 0.3 is 0 Å². The number of aromatic carboxylic acids is 1. The summed E-state index contributed by atoms with van der Waals surface area (Å²) in [4.78, 5) is 23.3.